The first kappa shape index (κ1) is 13.3. The quantitative estimate of drug-likeness (QED) is 0.539. The minimum absolute atomic E-state index is 0.287. The predicted molar refractivity (Wildman–Crippen MR) is 76.4 cm³/mol. The Labute approximate surface area is 123 Å². The summed E-state index contributed by atoms with van der Waals surface area (Å²) in [7, 11) is 0. The van der Waals surface area contributed by atoms with Crippen LogP contribution in [-0.2, 0) is 14.2 Å². The van der Waals surface area contributed by atoms with Crippen LogP contribution in [0.3, 0.4) is 0 Å². The first-order chi connectivity index (χ1) is 10.3. The second kappa shape index (κ2) is 5.81. The first-order valence-corrected chi connectivity index (χ1v) is 7.44. The third-order valence-electron chi connectivity index (χ3n) is 3.63. The van der Waals surface area contributed by atoms with Crippen molar-refractivity contribution in [3.63, 3.8) is 0 Å². The van der Waals surface area contributed by atoms with Crippen molar-refractivity contribution in [1.29, 1.82) is 0 Å². The largest absolute Gasteiger partial charge is 0.491 e. The molecule has 1 aromatic carbocycles. The molecule has 1 N–H and O–H groups in total. The minimum atomic E-state index is 0.287. The maximum Gasteiger partial charge on any atom is 0.119 e. The molecule has 0 bridgehead atoms. The van der Waals surface area contributed by atoms with Crippen molar-refractivity contribution >= 4 is 5.69 Å². The number of hydrazine groups is 1. The van der Waals surface area contributed by atoms with Gasteiger partial charge in [-0.05, 0) is 24.3 Å². The molecule has 0 radical (unpaired) electrons. The van der Waals surface area contributed by atoms with Gasteiger partial charge < -0.3 is 24.4 Å². The molecule has 0 aromatic heterocycles. The number of anilines is 1. The highest BCUT2D eigenvalue weighted by atomic mass is 16.6. The molecular formula is C15H20N2O4. The third-order valence-corrected chi connectivity index (χ3v) is 3.63. The zero-order valence-corrected chi connectivity index (χ0v) is 11.9. The van der Waals surface area contributed by atoms with Crippen LogP contribution in [0.15, 0.2) is 24.3 Å². The molecule has 21 heavy (non-hydrogen) atoms. The summed E-state index contributed by atoms with van der Waals surface area (Å²) < 4.78 is 21.4. The molecule has 3 saturated heterocycles. The van der Waals surface area contributed by atoms with E-state index in [0.717, 1.165) is 44.3 Å². The summed E-state index contributed by atoms with van der Waals surface area (Å²) in [6.07, 6.45) is 1.00. The topological polar surface area (TPSA) is 62.1 Å². The van der Waals surface area contributed by atoms with Gasteiger partial charge in [0.25, 0.3) is 0 Å². The molecule has 0 amide bonds. The molecule has 3 aliphatic heterocycles. The number of ether oxygens (including phenoxy) is 4. The maximum atomic E-state index is 5.63. The summed E-state index contributed by atoms with van der Waals surface area (Å²) in [4.78, 5) is 0. The molecule has 0 aliphatic carbocycles. The van der Waals surface area contributed by atoms with Crippen molar-refractivity contribution in [3.05, 3.63) is 24.3 Å². The van der Waals surface area contributed by atoms with Gasteiger partial charge in [-0.25, -0.2) is 5.01 Å². The Bertz CT molecular complexity index is 455. The summed E-state index contributed by atoms with van der Waals surface area (Å²) >= 11 is 0. The zero-order chi connectivity index (χ0) is 14.1. The molecule has 3 fully saturated rings. The predicted octanol–water partition coefficient (Wildman–Crippen LogP) is 0.891. The van der Waals surface area contributed by atoms with Gasteiger partial charge in [-0.1, -0.05) is 0 Å². The van der Waals surface area contributed by atoms with Gasteiger partial charge in [0.2, 0.25) is 0 Å². The summed E-state index contributed by atoms with van der Waals surface area (Å²) in [5.41, 5.74) is 4.47. The average Bonchev–Trinajstić information content (AvgIpc) is 3.34. The van der Waals surface area contributed by atoms with Gasteiger partial charge in [0.05, 0.1) is 32.0 Å². The van der Waals surface area contributed by atoms with Gasteiger partial charge in [-0.3, -0.25) is 0 Å². The van der Waals surface area contributed by atoms with Crippen molar-refractivity contribution in [2.45, 2.75) is 18.3 Å². The van der Waals surface area contributed by atoms with E-state index >= 15 is 0 Å². The van der Waals surface area contributed by atoms with Gasteiger partial charge in [-0.15, -0.1) is 0 Å². The molecule has 6 nitrogen and oxygen atoms in total. The number of rotatable bonds is 9. The van der Waals surface area contributed by atoms with Crippen LogP contribution < -0.4 is 10.2 Å². The van der Waals surface area contributed by atoms with E-state index in [2.05, 4.69) is 10.4 Å². The van der Waals surface area contributed by atoms with Gasteiger partial charge >= 0.3 is 0 Å². The number of epoxide rings is 3. The SMILES string of the molecule is c1cc(OCC2CO2)ccc1NN(CC1CO1)CC1CO1. The zero-order valence-electron chi connectivity index (χ0n) is 11.9. The first-order valence-electron chi connectivity index (χ1n) is 7.44. The summed E-state index contributed by atoms with van der Waals surface area (Å²) in [5.74, 6) is 0.874. The van der Waals surface area contributed by atoms with Crippen LogP contribution in [-0.4, -0.2) is 62.8 Å². The molecule has 1 aromatic rings. The number of hydrogen-bond acceptors (Lipinski definition) is 6. The van der Waals surface area contributed by atoms with Gasteiger partial charge in [0, 0.05) is 18.8 Å². The van der Waals surface area contributed by atoms with Crippen LogP contribution in [0.2, 0.25) is 0 Å². The van der Waals surface area contributed by atoms with Crippen molar-refractivity contribution < 1.29 is 18.9 Å². The molecule has 0 saturated carbocycles. The highest BCUT2D eigenvalue weighted by Crippen LogP contribution is 2.20. The van der Waals surface area contributed by atoms with E-state index in [0.29, 0.717) is 18.8 Å². The summed E-state index contributed by atoms with van der Waals surface area (Å²) in [6, 6.07) is 8.00. The van der Waals surface area contributed by atoms with Crippen LogP contribution in [0.4, 0.5) is 5.69 Å². The molecular weight excluding hydrogens is 272 g/mol. The van der Waals surface area contributed by atoms with Crippen LogP contribution >= 0.6 is 0 Å². The van der Waals surface area contributed by atoms with E-state index in [-0.39, 0.29) is 6.10 Å². The van der Waals surface area contributed by atoms with Crippen molar-refractivity contribution in [1.82, 2.24) is 5.01 Å². The lowest BCUT2D eigenvalue weighted by atomic mass is 10.3. The molecule has 3 unspecified atom stereocenters. The fraction of sp³-hybridized carbons (Fsp3) is 0.600. The van der Waals surface area contributed by atoms with Crippen LogP contribution in [0.25, 0.3) is 0 Å². The molecule has 6 heteroatoms. The Balaban J connectivity index is 1.30. The van der Waals surface area contributed by atoms with Gasteiger partial charge in [0.15, 0.2) is 0 Å². The van der Waals surface area contributed by atoms with Gasteiger partial charge in [-0.2, -0.15) is 0 Å². The second-order valence-corrected chi connectivity index (χ2v) is 5.72. The Morgan fingerprint density at radius 3 is 2.05 bits per heavy atom. The lowest BCUT2D eigenvalue weighted by Gasteiger charge is -2.22. The second-order valence-electron chi connectivity index (χ2n) is 5.72. The number of nitrogens with one attached hydrogen (secondary N) is 1. The Morgan fingerprint density at radius 1 is 0.952 bits per heavy atom. The van der Waals surface area contributed by atoms with Crippen molar-refractivity contribution in [2.75, 3.05) is 44.9 Å². The van der Waals surface area contributed by atoms with E-state index in [1.54, 1.807) is 0 Å². The average molecular weight is 292 g/mol. The molecule has 3 heterocycles. The molecule has 0 spiro atoms. The Kier molecular flexibility index (Phi) is 3.69. The van der Waals surface area contributed by atoms with E-state index < -0.39 is 0 Å². The normalized spacial score (nSPS) is 29.3. The molecule has 4 rings (SSSR count). The number of hydrogen-bond donors (Lipinski definition) is 1. The van der Waals surface area contributed by atoms with Crippen molar-refractivity contribution in [3.8, 4) is 5.75 Å². The van der Waals surface area contributed by atoms with E-state index in [1.165, 1.54) is 0 Å². The van der Waals surface area contributed by atoms with Gasteiger partial charge in [0.1, 0.15) is 18.5 Å². The summed E-state index contributed by atoms with van der Waals surface area (Å²) in [6.45, 7) is 4.95. The smallest absolute Gasteiger partial charge is 0.119 e. The molecule has 3 atom stereocenters. The lowest BCUT2D eigenvalue weighted by Crippen LogP contribution is -2.36. The Hall–Kier alpha value is -1.34. The fourth-order valence-corrected chi connectivity index (χ4v) is 2.17. The van der Waals surface area contributed by atoms with Crippen LogP contribution in [0.1, 0.15) is 0 Å². The van der Waals surface area contributed by atoms with E-state index in [1.807, 2.05) is 24.3 Å². The fourth-order valence-electron chi connectivity index (χ4n) is 2.17. The molecule has 114 valence electrons. The number of nitrogens with zero attached hydrogens (tertiary/aromatic N) is 1. The summed E-state index contributed by atoms with van der Waals surface area (Å²) in [5, 5.41) is 2.17. The Morgan fingerprint density at radius 2 is 1.52 bits per heavy atom. The van der Waals surface area contributed by atoms with E-state index in [9.17, 15) is 0 Å². The maximum absolute atomic E-state index is 5.63. The standard InChI is InChI=1S/C15H20N2O4/c1-3-12(18-9-15-10-21-15)4-2-11(1)16-17(5-13-7-19-13)6-14-8-20-14/h1-4,13-16H,5-10H2. The highest BCUT2D eigenvalue weighted by Gasteiger charge is 2.30. The highest BCUT2D eigenvalue weighted by molar-refractivity contribution is 5.45. The monoisotopic (exact) mass is 292 g/mol. The molecule has 3 aliphatic rings. The third kappa shape index (κ3) is 4.31. The van der Waals surface area contributed by atoms with E-state index in [4.69, 9.17) is 18.9 Å². The van der Waals surface area contributed by atoms with Crippen LogP contribution in [0.5, 0.6) is 5.75 Å². The minimum Gasteiger partial charge on any atom is -0.491 e. The lowest BCUT2D eigenvalue weighted by molar-refractivity contribution is 0.253. The number of benzene rings is 1. The van der Waals surface area contributed by atoms with Crippen LogP contribution in [0, 0.1) is 0 Å². The van der Waals surface area contributed by atoms with Crippen molar-refractivity contribution in [2.24, 2.45) is 0 Å².